The number of amides is 1. The van der Waals surface area contributed by atoms with E-state index in [2.05, 4.69) is 46.7 Å². The Hall–Kier alpha value is -2.63. The van der Waals surface area contributed by atoms with Gasteiger partial charge in [-0.1, -0.05) is 6.07 Å². The summed E-state index contributed by atoms with van der Waals surface area (Å²) < 4.78 is 0. The molecular weight excluding hydrogens is 290 g/mol. The molecule has 0 aliphatic rings. The maximum Gasteiger partial charge on any atom is 0.225 e. The second kappa shape index (κ2) is 6.64. The Morgan fingerprint density at radius 3 is 2.52 bits per heavy atom. The van der Waals surface area contributed by atoms with Gasteiger partial charge in [-0.25, -0.2) is 4.98 Å². The number of nitrogens with zero attached hydrogens (tertiary/aromatic N) is 2. The van der Waals surface area contributed by atoms with E-state index in [9.17, 15) is 4.79 Å². The standard InChI is InChI=1S/C17H23N5O/c1-11-10-18-16(22-17(3,4)5)21-15(11)20-14-8-6-7-13(9-14)19-12(2)23/h6-10H,1-5H3,(H,19,23)(H2,18,20,21,22). The smallest absolute Gasteiger partial charge is 0.225 e. The van der Waals surface area contributed by atoms with Crippen LogP contribution in [0.15, 0.2) is 30.5 Å². The summed E-state index contributed by atoms with van der Waals surface area (Å²) in [5, 5.41) is 9.29. The SMILES string of the molecule is CC(=O)Nc1cccc(Nc2nc(NC(C)(C)C)ncc2C)c1. The zero-order valence-electron chi connectivity index (χ0n) is 14.2. The number of benzene rings is 1. The van der Waals surface area contributed by atoms with Gasteiger partial charge in [0.15, 0.2) is 0 Å². The summed E-state index contributed by atoms with van der Waals surface area (Å²) in [7, 11) is 0. The Morgan fingerprint density at radius 2 is 1.87 bits per heavy atom. The molecule has 0 aliphatic heterocycles. The highest BCUT2D eigenvalue weighted by atomic mass is 16.1. The molecule has 0 unspecified atom stereocenters. The van der Waals surface area contributed by atoms with Crippen molar-refractivity contribution < 1.29 is 4.79 Å². The molecule has 0 aliphatic carbocycles. The van der Waals surface area contributed by atoms with E-state index in [-0.39, 0.29) is 11.4 Å². The molecule has 0 saturated carbocycles. The van der Waals surface area contributed by atoms with Crippen molar-refractivity contribution in [2.75, 3.05) is 16.0 Å². The van der Waals surface area contributed by atoms with Crippen molar-refractivity contribution in [3.63, 3.8) is 0 Å². The summed E-state index contributed by atoms with van der Waals surface area (Å²) in [6.07, 6.45) is 1.78. The fourth-order valence-corrected chi connectivity index (χ4v) is 1.98. The minimum Gasteiger partial charge on any atom is -0.350 e. The number of hydrogen-bond acceptors (Lipinski definition) is 5. The van der Waals surface area contributed by atoms with Crippen LogP contribution in [0.25, 0.3) is 0 Å². The highest BCUT2D eigenvalue weighted by molar-refractivity contribution is 5.89. The van der Waals surface area contributed by atoms with Gasteiger partial charge in [-0.05, 0) is 45.9 Å². The molecule has 23 heavy (non-hydrogen) atoms. The van der Waals surface area contributed by atoms with Crippen LogP contribution in [0.4, 0.5) is 23.1 Å². The van der Waals surface area contributed by atoms with Gasteiger partial charge in [-0.3, -0.25) is 4.79 Å². The number of carbonyl (C=O) groups excluding carboxylic acids is 1. The van der Waals surface area contributed by atoms with Gasteiger partial charge in [0.25, 0.3) is 0 Å². The number of aromatic nitrogens is 2. The fourth-order valence-electron chi connectivity index (χ4n) is 1.98. The molecule has 0 radical (unpaired) electrons. The highest BCUT2D eigenvalue weighted by Crippen LogP contribution is 2.22. The van der Waals surface area contributed by atoms with Crippen LogP contribution in [0.5, 0.6) is 0 Å². The number of rotatable bonds is 4. The monoisotopic (exact) mass is 313 g/mol. The first-order chi connectivity index (χ1) is 10.7. The average molecular weight is 313 g/mol. The van der Waals surface area contributed by atoms with Gasteiger partial charge in [-0.2, -0.15) is 4.98 Å². The zero-order chi connectivity index (χ0) is 17.0. The molecule has 1 aromatic carbocycles. The molecule has 2 rings (SSSR count). The van der Waals surface area contributed by atoms with Gasteiger partial charge < -0.3 is 16.0 Å². The summed E-state index contributed by atoms with van der Waals surface area (Å²) in [6, 6.07) is 7.49. The lowest BCUT2D eigenvalue weighted by Gasteiger charge is -2.21. The van der Waals surface area contributed by atoms with Crippen molar-refractivity contribution in [3.05, 3.63) is 36.0 Å². The van der Waals surface area contributed by atoms with E-state index in [1.807, 2.05) is 31.2 Å². The normalized spacial score (nSPS) is 11.0. The molecule has 0 bridgehead atoms. The number of hydrogen-bond donors (Lipinski definition) is 3. The molecular formula is C17H23N5O. The van der Waals surface area contributed by atoms with Crippen LogP contribution in [0, 0.1) is 6.92 Å². The molecule has 1 amide bonds. The largest absolute Gasteiger partial charge is 0.350 e. The highest BCUT2D eigenvalue weighted by Gasteiger charge is 2.12. The molecule has 0 saturated heterocycles. The third-order valence-corrected chi connectivity index (χ3v) is 2.90. The first-order valence-corrected chi connectivity index (χ1v) is 7.49. The average Bonchev–Trinajstić information content (AvgIpc) is 2.40. The van der Waals surface area contributed by atoms with Crippen molar-refractivity contribution in [1.29, 1.82) is 0 Å². The summed E-state index contributed by atoms with van der Waals surface area (Å²) in [4.78, 5) is 20.0. The van der Waals surface area contributed by atoms with E-state index in [4.69, 9.17) is 0 Å². The number of carbonyl (C=O) groups is 1. The van der Waals surface area contributed by atoms with Gasteiger partial charge >= 0.3 is 0 Å². The summed E-state index contributed by atoms with van der Waals surface area (Å²) in [6.45, 7) is 9.60. The third kappa shape index (κ3) is 5.25. The van der Waals surface area contributed by atoms with Crippen molar-refractivity contribution in [2.45, 2.75) is 40.2 Å². The van der Waals surface area contributed by atoms with Crippen LogP contribution < -0.4 is 16.0 Å². The van der Waals surface area contributed by atoms with Gasteiger partial charge in [0, 0.05) is 35.6 Å². The minimum atomic E-state index is -0.113. The predicted octanol–water partition coefficient (Wildman–Crippen LogP) is 3.70. The van der Waals surface area contributed by atoms with Gasteiger partial charge in [0.05, 0.1) is 0 Å². The lowest BCUT2D eigenvalue weighted by Crippen LogP contribution is -2.27. The number of anilines is 4. The lowest BCUT2D eigenvalue weighted by molar-refractivity contribution is -0.114. The Labute approximate surface area is 136 Å². The molecule has 0 atom stereocenters. The quantitative estimate of drug-likeness (QED) is 0.802. The minimum absolute atomic E-state index is 0.1000. The maximum atomic E-state index is 11.2. The van der Waals surface area contributed by atoms with E-state index in [0.29, 0.717) is 5.95 Å². The lowest BCUT2D eigenvalue weighted by atomic mass is 10.1. The zero-order valence-corrected chi connectivity index (χ0v) is 14.2. The van der Waals surface area contributed by atoms with E-state index in [1.54, 1.807) is 6.20 Å². The molecule has 6 nitrogen and oxygen atoms in total. The molecule has 122 valence electrons. The third-order valence-electron chi connectivity index (χ3n) is 2.90. The van der Waals surface area contributed by atoms with Crippen molar-refractivity contribution in [1.82, 2.24) is 9.97 Å². The van der Waals surface area contributed by atoms with Crippen LogP contribution in [0.1, 0.15) is 33.3 Å². The second-order valence-corrected chi connectivity index (χ2v) is 6.49. The first kappa shape index (κ1) is 16.7. The van der Waals surface area contributed by atoms with E-state index in [0.717, 1.165) is 22.8 Å². The Kier molecular flexibility index (Phi) is 4.83. The van der Waals surface area contributed by atoms with Crippen LogP contribution in [-0.4, -0.2) is 21.4 Å². The van der Waals surface area contributed by atoms with Gasteiger partial charge in [-0.15, -0.1) is 0 Å². The summed E-state index contributed by atoms with van der Waals surface area (Å²) in [5.74, 6) is 1.20. The maximum absolute atomic E-state index is 11.2. The van der Waals surface area contributed by atoms with E-state index >= 15 is 0 Å². The fraction of sp³-hybridized carbons (Fsp3) is 0.353. The molecule has 3 N–H and O–H groups in total. The molecule has 0 spiro atoms. The molecule has 6 heteroatoms. The van der Waals surface area contributed by atoms with Crippen molar-refractivity contribution in [2.24, 2.45) is 0 Å². The molecule has 1 heterocycles. The molecule has 1 aromatic heterocycles. The Morgan fingerprint density at radius 1 is 1.17 bits per heavy atom. The topological polar surface area (TPSA) is 78.9 Å². The number of aryl methyl sites for hydroxylation is 1. The van der Waals surface area contributed by atoms with Crippen LogP contribution >= 0.6 is 0 Å². The van der Waals surface area contributed by atoms with E-state index in [1.165, 1.54) is 6.92 Å². The molecule has 0 fully saturated rings. The van der Waals surface area contributed by atoms with E-state index < -0.39 is 0 Å². The Balaban J connectivity index is 2.22. The van der Waals surface area contributed by atoms with Crippen LogP contribution in [-0.2, 0) is 4.79 Å². The van der Waals surface area contributed by atoms with Gasteiger partial charge in [0.2, 0.25) is 11.9 Å². The predicted molar refractivity (Wildman–Crippen MR) is 94.2 cm³/mol. The molecule has 2 aromatic rings. The summed E-state index contributed by atoms with van der Waals surface area (Å²) >= 11 is 0. The number of nitrogens with one attached hydrogen (secondary N) is 3. The van der Waals surface area contributed by atoms with Crippen molar-refractivity contribution in [3.8, 4) is 0 Å². The van der Waals surface area contributed by atoms with Crippen LogP contribution in [0.3, 0.4) is 0 Å². The Bertz CT molecular complexity index is 706. The summed E-state index contributed by atoms with van der Waals surface area (Å²) in [5.41, 5.74) is 2.41. The first-order valence-electron chi connectivity index (χ1n) is 7.49. The second-order valence-electron chi connectivity index (χ2n) is 6.49. The van der Waals surface area contributed by atoms with Crippen LogP contribution in [0.2, 0.25) is 0 Å². The van der Waals surface area contributed by atoms with Crippen molar-refractivity contribution >= 4 is 29.0 Å². The van der Waals surface area contributed by atoms with Gasteiger partial charge in [0.1, 0.15) is 5.82 Å².